The lowest BCUT2D eigenvalue weighted by molar-refractivity contribution is -0.384. The molecule has 152 valence electrons. The molecule has 2 N–H and O–H groups in total. The van der Waals surface area contributed by atoms with Crippen molar-refractivity contribution in [2.45, 2.75) is 18.3 Å². The number of aromatic amines is 1. The number of ether oxygens (including phenoxy) is 1. The third kappa shape index (κ3) is 2.65. The first-order valence-corrected chi connectivity index (χ1v) is 10.2. The van der Waals surface area contributed by atoms with Crippen LogP contribution in [0.1, 0.15) is 28.7 Å². The van der Waals surface area contributed by atoms with Gasteiger partial charge in [0.1, 0.15) is 5.75 Å². The highest BCUT2D eigenvalue weighted by atomic mass is 79.9. The zero-order chi connectivity index (χ0) is 21.2. The summed E-state index contributed by atoms with van der Waals surface area (Å²) in [6.45, 7) is 0. The monoisotopic (exact) mass is 469 g/mol. The molecule has 2 amide bonds. The summed E-state index contributed by atoms with van der Waals surface area (Å²) in [5.41, 5.74) is 3.31. The maximum absolute atomic E-state index is 12.8. The number of nitrogens with one attached hydrogen (secondary N) is 2. The molecule has 2 aromatic carbocycles. The van der Waals surface area contributed by atoms with Crippen LogP contribution in [0.15, 0.2) is 40.9 Å². The van der Waals surface area contributed by atoms with Gasteiger partial charge in [-0.2, -0.15) is 0 Å². The molecule has 1 aliphatic heterocycles. The third-order valence-corrected chi connectivity index (χ3v) is 6.77. The van der Waals surface area contributed by atoms with Gasteiger partial charge in [-0.05, 0) is 35.7 Å². The van der Waals surface area contributed by atoms with Crippen LogP contribution in [0.25, 0.3) is 10.9 Å². The van der Waals surface area contributed by atoms with E-state index in [1.54, 1.807) is 13.2 Å². The summed E-state index contributed by atoms with van der Waals surface area (Å²) in [7, 11) is 1.58. The molecule has 0 radical (unpaired) electrons. The maximum Gasteiger partial charge on any atom is 0.270 e. The number of nitrogens with zero attached hydrogens (tertiary/aromatic N) is 1. The van der Waals surface area contributed by atoms with Crippen LogP contribution in [0.5, 0.6) is 5.75 Å². The highest BCUT2D eigenvalue weighted by Gasteiger charge is 2.52. The molecule has 0 spiro atoms. The maximum atomic E-state index is 12.8. The van der Waals surface area contributed by atoms with Crippen LogP contribution in [-0.4, -0.2) is 28.8 Å². The molecule has 3 aromatic rings. The van der Waals surface area contributed by atoms with E-state index in [0.717, 1.165) is 27.7 Å². The predicted octanol–water partition coefficient (Wildman–Crippen LogP) is 3.54. The van der Waals surface area contributed by atoms with Gasteiger partial charge < -0.3 is 9.72 Å². The Balaban J connectivity index is 1.69. The smallest absolute Gasteiger partial charge is 0.270 e. The quantitative estimate of drug-likeness (QED) is 0.345. The van der Waals surface area contributed by atoms with Gasteiger partial charge in [-0.3, -0.25) is 25.0 Å². The van der Waals surface area contributed by atoms with Gasteiger partial charge in [-0.1, -0.05) is 22.0 Å². The number of aromatic nitrogens is 1. The first-order chi connectivity index (χ1) is 14.4. The molecule has 3 unspecified atom stereocenters. The van der Waals surface area contributed by atoms with E-state index in [0.29, 0.717) is 16.6 Å². The van der Waals surface area contributed by atoms with Crippen molar-refractivity contribution in [3.05, 3.63) is 67.8 Å². The lowest BCUT2D eigenvalue weighted by Crippen LogP contribution is -2.31. The van der Waals surface area contributed by atoms with E-state index in [1.165, 1.54) is 12.1 Å². The number of carbonyl (C=O) groups is 2. The topological polar surface area (TPSA) is 114 Å². The van der Waals surface area contributed by atoms with E-state index in [1.807, 2.05) is 18.2 Å². The summed E-state index contributed by atoms with van der Waals surface area (Å²) in [6, 6.07) is 10.1. The fourth-order valence-electron chi connectivity index (χ4n) is 4.79. The normalized spacial score (nSPS) is 22.5. The van der Waals surface area contributed by atoms with Crippen LogP contribution in [0, 0.1) is 16.0 Å². The first kappa shape index (κ1) is 18.8. The van der Waals surface area contributed by atoms with E-state index in [-0.39, 0.29) is 23.4 Å². The van der Waals surface area contributed by atoms with Crippen molar-refractivity contribution in [3.63, 3.8) is 0 Å². The molecule has 30 heavy (non-hydrogen) atoms. The van der Waals surface area contributed by atoms with Crippen LogP contribution in [0.3, 0.4) is 0 Å². The Bertz CT molecular complexity index is 1250. The van der Waals surface area contributed by atoms with Crippen molar-refractivity contribution < 1.29 is 19.2 Å². The summed E-state index contributed by atoms with van der Waals surface area (Å²) >= 11 is 3.43. The second kappa shape index (κ2) is 6.66. The number of fused-ring (bicyclic) bond motifs is 5. The van der Waals surface area contributed by atoms with Gasteiger partial charge in [0.25, 0.3) is 5.69 Å². The summed E-state index contributed by atoms with van der Waals surface area (Å²) in [5, 5.41) is 14.4. The Morgan fingerprint density at radius 3 is 2.67 bits per heavy atom. The number of methoxy groups -OCH3 is 1. The van der Waals surface area contributed by atoms with Crippen molar-refractivity contribution in [2.24, 2.45) is 5.92 Å². The minimum absolute atomic E-state index is 0.0386. The number of nitro benzene ring substituents is 1. The van der Waals surface area contributed by atoms with Gasteiger partial charge in [0.05, 0.1) is 23.9 Å². The van der Waals surface area contributed by atoms with E-state index >= 15 is 0 Å². The van der Waals surface area contributed by atoms with Crippen LogP contribution in [0.4, 0.5) is 5.69 Å². The second-order valence-corrected chi connectivity index (χ2v) is 8.41. The molecule has 1 fully saturated rings. The number of H-pyrrole nitrogens is 1. The molecule has 1 aliphatic carbocycles. The Kier molecular flexibility index (Phi) is 4.18. The number of imide groups is 1. The second-order valence-electron chi connectivity index (χ2n) is 7.56. The van der Waals surface area contributed by atoms with Crippen molar-refractivity contribution in [3.8, 4) is 5.75 Å². The molecule has 2 heterocycles. The molecule has 3 atom stereocenters. The zero-order valence-electron chi connectivity index (χ0n) is 15.8. The number of non-ortho nitro benzene ring substituents is 1. The predicted molar refractivity (Wildman–Crippen MR) is 111 cm³/mol. The fourth-order valence-corrected chi connectivity index (χ4v) is 5.45. The Hall–Kier alpha value is -3.20. The van der Waals surface area contributed by atoms with Crippen LogP contribution >= 0.6 is 15.9 Å². The van der Waals surface area contributed by atoms with Gasteiger partial charge in [0.2, 0.25) is 11.8 Å². The van der Waals surface area contributed by atoms with E-state index in [4.69, 9.17) is 4.74 Å². The molecule has 0 saturated carbocycles. The number of hydrogen-bond acceptors (Lipinski definition) is 5. The van der Waals surface area contributed by atoms with Gasteiger partial charge >= 0.3 is 0 Å². The number of hydrogen-bond donors (Lipinski definition) is 2. The van der Waals surface area contributed by atoms with Crippen molar-refractivity contribution in [1.82, 2.24) is 10.3 Å². The minimum atomic E-state index is -0.630. The fraction of sp³-hybridized carbons (Fsp3) is 0.238. The Morgan fingerprint density at radius 2 is 1.97 bits per heavy atom. The SMILES string of the molecule is COc1ccc2[nH]c3c(c2c1)C1C(=O)NC(=O)C1C(c1ccc([N+](=O)[O-])cc1Br)C3. The number of nitro groups is 1. The highest BCUT2D eigenvalue weighted by Crippen LogP contribution is 2.51. The van der Waals surface area contributed by atoms with Crippen molar-refractivity contribution in [1.29, 1.82) is 0 Å². The minimum Gasteiger partial charge on any atom is -0.497 e. The van der Waals surface area contributed by atoms with Crippen molar-refractivity contribution >= 4 is 44.3 Å². The van der Waals surface area contributed by atoms with Gasteiger partial charge in [0.15, 0.2) is 0 Å². The van der Waals surface area contributed by atoms with E-state index in [2.05, 4.69) is 26.2 Å². The summed E-state index contributed by atoms with van der Waals surface area (Å²) in [5.74, 6) is -1.49. The summed E-state index contributed by atoms with van der Waals surface area (Å²) in [4.78, 5) is 39.6. The number of halogens is 1. The number of benzene rings is 2. The van der Waals surface area contributed by atoms with Crippen molar-refractivity contribution in [2.75, 3.05) is 7.11 Å². The average molecular weight is 470 g/mol. The summed E-state index contributed by atoms with van der Waals surface area (Å²) in [6.07, 6.45) is 0.505. The Labute approximate surface area is 178 Å². The zero-order valence-corrected chi connectivity index (χ0v) is 17.4. The molecule has 8 nitrogen and oxygen atoms in total. The number of rotatable bonds is 3. The number of amides is 2. The number of carbonyl (C=O) groups excluding carboxylic acids is 2. The van der Waals surface area contributed by atoms with Crippen LogP contribution in [0.2, 0.25) is 0 Å². The van der Waals surface area contributed by atoms with Gasteiger partial charge in [0, 0.05) is 39.1 Å². The molecule has 0 bridgehead atoms. The first-order valence-electron chi connectivity index (χ1n) is 9.36. The highest BCUT2D eigenvalue weighted by molar-refractivity contribution is 9.10. The molecule has 5 rings (SSSR count). The Morgan fingerprint density at radius 1 is 1.17 bits per heavy atom. The molecule has 1 saturated heterocycles. The molecular weight excluding hydrogens is 454 g/mol. The molecule has 9 heteroatoms. The van der Waals surface area contributed by atoms with Gasteiger partial charge in [-0.15, -0.1) is 0 Å². The largest absolute Gasteiger partial charge is 0.497 e. The van der Waals surface area contributed by atoms with E-state index < -0.39 is 16.8 Å². The third-order valence-electron chi connectivity index (χ3n) is 6.08. The molecule has 2 aliphatic rings. The average Bonchev–Trinajstić information content (AvgIpc) is 3.23. The standard InChI is InChI=1S/C21H16BrN3O5/c1-30-10-3-5-15-13(7-10)17-16(23-15)8-12(18-19(17)21(27)24-20(18)26)11-4-2-9(25(28)29)6-14(11)22/h2-7,12,18-19,23H,8H2,1H3,(H,24,26,27). The van der Waals surface area contributed by atoms with Crippen LogP contribution < -0.4 is 10.1 Å². The van der Waals surface area contributed by atoms with Gasteiger partial charge in [-0.25, -0.2) is 0 Å². The summed E-state index contributed by atoms with van der Waals surface area (Å²) < 4.78 is 5.89. The molecular formula is C21H16BrN3O5. The van der Waals surface area contributed by atoms with Crippen LogP contribution in [-0.2, 0) is 16.0 Å². The molecule has 1 aromatic heterocycles. The lowest BCUT2D eigenvalue weighted by atomic mass is 9.69. The lowest BCUT2D eigenvalue weighted by Gasteiger charge is -2.32. The van der Waals surface area contributed by atoms with E-state index in [9.17, 15) is 19.7 Å².